The van der Waals surface area contributed by atoms with Gasteiger partial charge in [0.15, 0.2) is 0 Å². The van der Waals surface area contributed by atoms with E-state index in [1.54, 1.807) is 6.92 Å². The summed E-state index contributed by atoms with van der Waals surface area (Å²) in [5.74, 6) is 1.07. The van der Waals surface area contributed by atoms with Gasteiger partial charge in [-0.2, -0.15) is 5.26 Å². The molecule has 3 unspecified atom stereocenters. The van der Waals surface area contributed by atoms with Crippen molar-refractivity contribution in [1.29, 1.82) is 5.26 Å². The Morgan fingerprint density at radius 1 is 1.16 bits per heavy atom. The Balaban J connectivity index is 2.51. The maximum Gasteiger partial charge on any atom is 0.147 e. The third-order valence-electron chi connectivity index (χ3n) is 4.59. The topological polar surface area (TPSA) is 53.2 Å². The van der Waals surface area contributed by atoms with Crippen molar-refractivity contribution >= 4 is 0 Å². The highest BCUT2D eigenvalue weighted by atomic mass is 16.5. The normalized spacial score (nSPS) is 29.3. The Kier molecular flexibility index (Phi) is 5.82. The third-order valence-corrected chi connectivity index (χ3v) is 4.59. The van der Waals surface area contributed by atoms with Gasteiger partial charge in [-0.1, -0.05) is 20.8 Å². The SMILES string of the molecule is CC(O)C(C)OC(C#N)C1CCC(C(C)(C)C)CC1. The molecule has 0 aromatic rings. The predicted molar refractivity (Wildman–Crippen MR) is 76.5 cm³/mol. The molecule has 0 amide bonds. The highest BCUT2D eigenvalue weighted by Gasteiger charge is 2.34. The molecule has 1 saturated carbocycles. The van der Waals surface area contributed by atoms with Crippen LogP contribution in [0.1, 0.15) is 60.3 Å². The van der Waals surface area contributed by atoms with Gasteiger partial charge >= 0.3 is 0 Å². The standard InChI is InChI=1S/C16H29NO2/c1-11(18)12(2)19-15(10-17)13-6-8-14(9-7-13)16(3,4)5/h11-15,18H,6-9H2,1-5H3. The van der Waals surface area contributed by atoms with Crippen LogP contribution in [-0.2, 0) is 4.74 Å². The van der Waals surface area contributed by atoms with E-state index in [-0.39, 0.29) is 12.2 Å². The summed E-state index contributed by atoms with van der Waals surface area (Å²) < 4.78 is 5.71. The lowest BCUT2D eigenvalue weighted by molar-refractivity contribution is -0.0685. The van der Waals surface area contributed by atoms with E-state index in [2.05, 4.69) is 26.8 Å². The van der Waals surface area contributed by atoms with E-state index in [9.17, 15) is 10.4 Å². The zero-order valence-electron chi connectivity index (χ0n) is 13.0. The molecule has 1 rings (SSSR count). The largest absolute Gasteiger partial charge is 0.391 e. The van der Waals surface area contributed by atoms with E-state index in [1.807, 2.05) is 6.92 Å². The second kappa shape index (κ2) is 6.72. The summed E-state index contributed by atoms with van der Waals surface area (Å²) in [6.07, 6.45) is 3.31. The summed E-state index contributed by atoms with van der Waals surface area (Å²) in [5.41, 5.74) is 0.362. The molecule has 0 aliphatic heterocycles. The van der Waals surface area contributed by atoms with Crippen LogP contribution in [0.25, 0.3) is 0 Å². The van der Waals surface area contributed by atoms with Gasteiger partial charge in [0.1, 0.15) is 6.10 Å². The van der Waals surface area contributed by atoms with E-state index >= 15 is 0 Å². The minimum absolute atomic E-state index is 0.273. The van der Waals surface area contributed by atoms with Crippen LogP contribution in [0.3, 0.4) is 0 Å². The molecule has 110 valence electrons. The fraction of sp³-hybridized carbons (Fsp3) is 0.938. The fourth-order valence-corrected chi connectivity index (χ4v) is 2.88. The van der Waals surface area contributed by atoms with Gasteiger partial charge < -0.3 is 9.84 Å². The first-order chi connectivity index (χ1) is 8.75. The average molecular weight is 267 g/mol. The molecule has 19 heavy (non-hydrogen) atoms. The zero-order chi connectivity index (χ0) is 14.6. The summed E-state index contributed by atoms with van der Waals surface area (Å²) in [6.45, 7) is 10.4. The Hall–Kier alpha value is -0.590. The van der Waals surface area contributed by atoms with Crippen molar-refractivity contribution in [2.75, 3.05) is 0 Å². The van der Waals surface area contributed by atoms with Gasteiger partial charge in [-0.15, -0.1) is 0 Å². The summed E-state index contributed by atoms with van der Waals surface area (Å²) in [4.78, 5) is 0. The summed E-state index contributed by atoms with van der Waals surface area (Å²) >= 11 is 0. The first kappa shape index (κ1) is 16.5. The average Bonchev–Trinajstić information content (AvgIpc) is 2.34. The van der Waals surface area contributed by atoms with Gasteiger partial charge in [0.2, 0.25) is 0 Å². The molecular weight excluding hydrogens is 238 g/mol. The Morgan fingerprint density at radius 3 is 2.05 bits per heavy atom. The second-order valence-corrected chi connectivity index (χ2v) is 7.11. The van der Waals surface area contributed by atoms with Gasteiger partial charge in [-0.05, 0) is 56.8 Å². The lowest BCUT2D eigenvalue weighted by Crippen LogP contribution is -2.35. The monoisotopic (exact) mass is 267 g/mol. The van der Waals surface area contributed by atoms with Crippen LogP contribution in [0.5, 0.6) is 0 Å². The molecule has 0 heterocycles. The number of aliphatic hydroxyl groups excluding tert-OH is 1. The molecule has 0 radical (unpaired) electrons. The Bertz CT molecular complexity index is 306. The minimum Gasteiger partial charge on any atom is -0.391 e. The molecule has 1 N–H and O–H groups in total. The van der Waals surface area contributed by atoms with Gasteiger partial charge in [-0.25, -0.2) is 0 Å². The molecule has 1 aliphatic carbocycles. The smallest absolute Gasteiger partial charge is 0.147 e. The van der Waals surface area contributed by atoms with Crippen molar-refractivity contribution < 1.29 is 9.84 Å². The summed E-state index contributed by atoms with van der Waals surface area (Å²) in [7, 11) is 0. The van der Waals surface area contributed by atoms with E-state index in [0.717, 1.165) is 18.8 Å². The summed E-state index contributed by atoms with van der Waals surface area (Å²) in [5, 5.41) is 18.8. The Labute approximate surface area is 118 Å². The first-order valence-corrected chi connectivity index (χ1v) is 7.48. The van der Waals surface area contributed by atoms with Crippen LogP contribution < -0.4 is 0 Å². The van der Waals surface area contributed by atoms with Crippen molar-refractivity contribution in [3.8, 4) is 6.07 Å². The minimum atomic E-state index is -0.526. The number of ether oxygens (including phenoxy) is 1. The first-order valence-electron chi connectivity index (χ1n) is 7.48. The van der Waals surface area contributed by atoms with E-state index in [0.29, 0.717) is 11.3 Å². The van der Waals surface area contributed by atoms with Gasteiger partial charge in [0.05, 0.1) is 18.3 Å². The molecular formula is C16H29NO2. The molecule has 1 aliphatic rings. The van der Waals surface area contributed by atoms with E-state index < -0.39 is 6.10 Å². The van der Waals surface area contributed by atoms with E-state index in [4.69, 9.17) is 4.74 Å². The molecule has 0 spiro atoms. The van der Waals surface area contributed by atoms with Crippen LogP contribution in [0.4, 0.5) is 0 Å². The zero-order valence-corrected chi connectivity index (χ0v) is 13.0. The molecule has 0 aromatic heterocycles. The number of aliphatic hydroxyl groups is 1. The number of hydrogen-bond donors (Lipinski definition) is 1. The highest BCUT2D eigenvalue weighted by molar-refractivity contribution is 4.94. The van der Waals surface area contributed by atoms with Gasteiger partial charge in [-0.3, -0.25) is 0 Å². The maximum atomic E-state index is 9.48. The molecule has 0 bridgehead atoms. The lowest BCUT2D eigenvalue weighted by atomic mass is 9.69. The van der Waals surface area contributed by atoms with Crippen LogP contribution in [0.15, 0.2) is 0 Å². The van der Waals surface area contributed by atoms with Crippen molar-refractivity contribution in [3.05, 3.63) is 0 Å². The van der Waals surface area contributed by atoms with Crippen molar-refractivity contribution in [1.82, 2.24) is 0 Å². The van der Waals surface area contributed by atoms with Crippen molar-refractivity contribution in [2.45, 2.75) is 78.6 Å². The molecule has 3 atom stereocenters. The predicted octanol–water partition coefficient (Wildman–Crippen LogP) is 3.52. The fourth-order valence-electron chi connectivity index (χ4n) is 2.88. The molecule has 1 fully saturated rings. The molecule has 0 saturated heterocycles. The van der Waals surface area contributed by atoms with Gasteiger partial charge in [0, 0.05) is 0 Å². The van der Waals surface area contributed by atoms with Gasteiger partial charge in [0.25, 0.3) is 0 Å². The molecule has 3 heteroatoms. The number of rotatable bonds is 4. The van der Waals surface area contributed by atoms with Crippen LogP contribution in [0, 0.1) is 28.6 Å². The van der Waals surface area contributed by atoms with Crippen LogP contribution in [0.2, 0.25) is 0 Å². The number of hydrogen-bond acceptors (Lipinski definition) is 3. The van der Waals surface area contributed by atoms with E-state index in [1.165, 1.54) is 12.8 Å². The molecule has 0 aromatic carbocycles. The summed E-state index contributed by atoms with van der Waals surface area (Å²) in [6, 6.07) is 2.28. The van der Waals surface area contributed by atoms with Crippen LogP contribution >= 0.6 is 0 Å². The van der Waals surface area contributed by atoms with Crippen molar-refractivity contribution in [3.63, 3.8) is 0 Å². The highest BCUT2D eigenvalue weighted by Crippen LogP contribution is 2.41. The second-order valence-electron chi connectivity index (χ2n) is 7.11. The third kappa shape index (κ3) is 4.78. The van der Waals surface area contributed by atoms with Crippen LogP contribution in [-0.4, -0.2) is 23.4 Å². The number of nitrogens with zero attached hydrogens (tertiary/aromatic N) is 1. The maximum absolute atomic E-state index is 9.48. The molecule has 3 nitrogen and oxygen atoms in total. The Morgan fingerprint density at radius 2 is 1.68 bits per heavy atom. The quantitative estimate of drug-likeness (QED) is 0.848. The number of nitriles is 1. The van der Waals surface area contributed by atoms with Crippen molar-refractivity contribution in [2.24, 2.45) is 17.3 Å². The lowest BCUT2D eigenvalue weighted by Gasteiger charge is -2.38.